The SMILES string of the molecule is CCN1CCN(Cc2ccc(NC(=O)CNc3ccc(-c4cnc5[nH]ncc5c4)cc3)cc2C(F)(F)F)CC1. The topological polar surface area (TPSA) is 89.2 Å². The molecule has 1 aliphatic heterocycles. The van der Waals surface area contributed by atoms with Crippen molar-refractivity contribution in [3.05, 3.63) is 72.1 Å². The number of amides is 1. The Morgan fingerprint density at radius 2 is 1.67 bits per heavy atom. The van der Waals surface area contributed by atoms with Crippen molar-refractivity contribution in [1.29, 1.82) is 0 Å². The lowest BCUT2D eigenvalue weighted by molar-refractivity contribution is -0.138. The molecule has 0 aliphatic carbocycles. The third-order valence-corrected chi connectivity index (χ3v) is 6.97. The van der Waals surface area contributed by atoms with Crippen LogP contribution in [0.5, 0.6) is 0 Å². The maximum atomic E-state index is 13.9. The minimum Gasteiger partial charge on any atom is -0.376 e. The van der Waals surface area contributed by atoms with Crippen LogP contribution in [0.4, 0.5) is 24.5 Å². The van der Waals surface area contributed by atoms with Gasteiger partial charge in [-0.1, -0.05) is 25.1 Å². The third-order valence-electron chi connectivity index (χ3n) is 6.97. The Bertz CT molecular complexity index is 1430. The van der Waals surface area contributed by atoms with Gasteiger partial charge in [-0.2, -0.15) is 18.3 Å². The second-order valence-corrected chi connectivity index (χ2v) is 9.59. The summed E-state index contributed by atoms with van der Waals surface area (Å²) in [7, 11) is 0. The number of carbonyl (C=O) groups excluding carboxylic acids is 1. The van der Waals surface area contributed by atoms with Crippen molar-refractivity contribution in [3.63, 3.8) is 0 Å². The van der Waals surface area contributed by atoms with Gasteiger partial charge in [0.25, 0.3) is 0 Å². The van der Waals surface area contributed by atoms with Crippen molar-refractivity contribution in [2.45, 2.75) is 19.6 Å². The molecule has 204 valence electrons. The standard InChI is InChI=1S/C28H30F3N7O/c1-2-37-9-11-38(12-10-37)18-20-5-8-24(14-25(20)28(29,30)31)35-26(39)17-32-23-6-3-19(4-7-23)21-13-22-16-34-36-27(22)33-15-21/h3-8,13-16,32H,2,9-12,17-18H2,1H3,(H,35,39)(H,33,34,36). The Morgan fingerprint density at radius 1 is 0.949 bits per heavy atom. The number of piperazine rings is 1. The number of halogens is 3. The van der Waals surface area contributed by atoms with Crippen molar-refractivity contribution >= 4 is 28.3 Å². The fraction of sp³-hybridized carbons (Fsp3) is 0.321. The van der Waals surface area contributed by atoms with Crippen LogP contribution >= 0.6 is 0 Å². The van der Waals surface area contributed by atoms with E-state index in [2.05, 4.69) is 37.6 Å². The molecule has 0 bridgehead atoms. The van der Waals surface area contributed by atoms with Gasteiger partial charge in [-0.05, 0) is 48.0 Å². The van der Waals surface area contributed by atoms with E-state index >= 15 is 0 Å². The van der Waals surface area contributed by atoms with Crippen LogP contribution in [0.25, 0.3) is 22.2 Å². The van der Waals surface area contributed by atoms with Gasteiger partial charge < -0.3 is 15.5 Å². The van der Waals surface area contributed by atoms with Crippen molar-refractivity contribution < 1.29 is 18.0 Å². The molecule has 2 aromatic heterocycles. The minimum atomic E-state index is -4.51. The predicted molar refractivity (Wildman–Crippen MR) is 145 cm³/mol. The van der Waals surface area contributed by atoms with Crippen LogP contribution < -0.4 is 10.6 Å². The molecule has 3 heterocycles. The monoisotopic (exact) mass is 537 g/mol. The first-order valence-corrected chi connectivity index (χ1v) is 12.9. The van der Waals surface area contributed by atoms with E-state index in [0.717, 1.165) is 55.3 Å². The molecule has 39 heavy (non-hydrogen) atoms. The van der Waals surface area contributed by atoms with Crippen LogP contribution in [-0.2, 0) is 17.5 Å². The van der Waals surface area contributed by atoms with Crippen LogP contribution in [0, 0.1) is 0 Å². The van der Waals surface area contributed by atoms with Crippen molar-refractivity contribution in [2.75, 3.05) is 49.9 Å². The fourth-order valence-corrected chi connectivity index (χ4v) is 4.72. The van der Waals surface area contributed by atoms with E-state index in [1.807, 2.05) is 35.2 Å². The van der Waals surface area contributed by atoms with Gasteiger partial charge in [0.1, 0.15) is 0 Å². The summed E-state index contributed by atoms with van der Waals surface area (Å²) >= 11 is 0. The van der Waals surface area contributed by atoms with Crippen molar-refractivity contribution in [2.24, 2.45) is 0 Å². The molecule has 8 nitrogen and oxygen atoms in total. The summed E-state index contributed by atoms with van der Waals surface area (Å²) in [5.41, 5.74) is 2.92. The number of benzene rings is 2. The Labute approximate surface area is 224 Å². The zero-order valence-electron chi connectivity index (χ0n) is 21.6. The van der Waals surface area contributed by atoms with Gasteiger partial charge in [0.15, 0.2) is 5.65 Å². The number of likely N-dealkylation sites (N-methyl/N-ethyl adjacent to an activating group) is 1. The highest BCUT2D eigenvalue weighted by atomic mass is 19.4. The summed E-state index contributed by atoms with van der Waals surface area (Å²) in [6.45, 7) is 6.31. The molecule has 4 aromatic rings. The Hall–Kier alpha value is -3.96. The number of fused-ring (bicyclic) bond motifs is 1. The van der Waals surface area contributed by atoms with Gasteiger partial charge in [0.05, 0.1) is 18.3 Å². The number of rotatable bonds is 8. The molecule has 0 spiro atoms. The number of nitrogens with one attached hydrogen (secondary N) is 3. The van der Waals surface area contributed by atoms with Gasteiger partial charge in [-0.3, -0.25) is 14.8 Å². The second kappa shape index (κ2) is 11.4. The number of pyridine rings is 1. The molecule has 3 N–H and O–H groups in total. The fourth-order valence-electron chi connectivity index (χ4n) is 4.72. The summed E-state index contributed by atoms with van der Waals surface area (Å²) in [4.78, 5) is 21.2. The third kappa shape index (κ3) is 6.55. The van der Waals surface area contributed by atoms with E-state index < -0.39 is 17.6 Å². The van der Waals surface area contributed by atoms with Crippen LogP contribution in [0.15, 0.2) is 60.9 Å². The lowest BCUT2D eigenvalue weighted by Gasteiger charge is -2.34. The second-order valence-electron chi connectivity index (χ2n) is 9.59. The van der Waals surface area contributed by atoms with Crippen LogP contribution in [0.2, 0.25) is 0 Å². The predicted octanol–water partition coefficient (Wildman–Crippen LogP) is 4.83. The maximum Gasteiger partial charge on any atom is 0.416 e. The number of hydrogen-bond donors (Lipinski definition) is 3. The molecule has 11 heteroatoms. The van der Waals surface area contributed by atoms with Gasteiger partial charge in [0.2, 0.25) is 5.91 Å². The first-order valence-electron chi connectivity index (χ1n) is 12.9. The molecular formula is C28H30F3N7O. The molecular weight excluding hydrogens is 507 g/mol. The van der Waals surface area contributed by atoms with Gasteiger partial charge in [-0.25, -0.2) is 4.98 Å². The number of hydrogen-bond acceptors (Lipinski definition) is 6. The highest BCUT2D eigenvalue weighted by Crippen LogP contribution is 2.34. The number of nitrogens with zero attached hydrogens (tertiary/aromatic N) is 4. The molecule has 1 saturated heterocycles. The highest BCUT2D eigenvalue weighted by Gasteiger charge is 2.34. The van der Waals surface area contributed by atoms with Gasteiger partial charge in [-0.15, -0.1) is 0 Å². The Morgan fingerprint density at radius 3 is 2.38 bits per heavy atom. The smallest absolute Gasteiger partial charge is 0.376 e. The molecule has 5 rings (SSSR count). The molecule has 0 atom stereocenters. The van der Waals surface area contributed by atoms with Crippen molar-refractivity contribution in [3.8, 4) is 11.1 Å². The van der Waals surface area contributed by atoms with Crippen LogP contribution in [0.1, 0.15) is 18.1 Å². The largest absolute Gasteiger partial charge is 0.416 e. The zero-order valence-corrected chi connectivity index (χ0v) is 21.6. The molecule has 0 saturated carbocycles. The van der Waals surface area contributed by atoms with E-state index in [1.165, 1.54) is 12.1 Å². The summed E-state index contributed by atoms with van der Waals surface area (Å²) < 4.78 is 41.6. The summed E-state index contributed by atoms with van der Waals surface area (Å²) in [6, 6.07) is 13.5. The van der Waals surface area contributed by atoms with E-state index in [4.69, 9.17) is 0 Å². The molecule has 0 unspecified atom stereocenters. The van der Waals surface area contributed by atoms with Crippen molar-refractivity contribution in [1.82, 2.24) is 25.0 Å². The quantitative estimate of drug-likeness (QED) is 0.298. The van der Waals surface area contributed by atoms with Gasteiger partial charge in [0, 0.05) is 61.2 Å². The number of H-pyrrole nitrogens is 1. The van der Waals surface area contributed by atoms with Gasteiger partial charge >= 0.3 is 6.18 Å². The van der Waals surface area contributed by atoms with E-state index in [9.17, 15) is 18.0 Å². The number of aromatic nitrogens is 3. The Kier molecular flexibility index (Phi) is 7.80. The number of alkyl halides is 3. The number of aromatic amines is 1. The molecule has 1 aliphatic rings. The van der Waals surface area contributed by atoms with E-state index in [0.29, 0.717) is 11.3 Å². The van der Waals surface area contributed by atoms with E-state index in [-0.39, 0.29) is 24.3 Å². The minimum absolute atomic E-state index is 0.0906. The lowest BCUT2D eigenvalue weighted by Crippen LogP contribution is -2.45. The number of carbonyl (C=O) groups is 1. The first-order chi connectivity index (χ1) is 18.8. The maximum absolute atomic E-state index is 13.9. The first kappa shape index (κ1) is 26.6. The highest BCUT2D eigenvalue weighted by molar-refractivity contribution is 5.94. The molecule has 1 fully saturated rings. The van der Waals surface area contributed by atoms with Crippen LogP contribution in [0.3, 0.4) is 0 Å². The molecule has 1 amide bonds. The summed E-state index contributed by atoms with van der Waals surface area (Å²) in [5, 5.41) is 13.3. The summed E-state index contributed by atoms with van der Waals surface area (Å²) in [6.07, 6.45) is -1.05. The average molecular weight is 538 g/mol. The molecule has 0 radical (unpaired) electrons. The average Bonchev–Trinajstić information content (AvgIpc) is 3.41. The zero-order chi connectivity index (χ0) is 27.4. The number of anilines is 2. The normalized spacial score (nSPS) is 15.0. The van der Waals surface area contributed by atoms with Crippen LogP contribution in [-0.4, -0.2) is 70.2 Å². The Balaban J connectivity index is 1.18. The molecule has 2 aromatic carbocycles. The lowest BCUT2D eigenvalue weighted by atomic mass is 10.0. The summed E-state index contributed by atoms with van der Waals surface area (Å²) in [5.74, 6) is -0.440. The van der Waals surface area contributed by atoms with E-state index in [1.54, 1.807) is 12.4 Å².